The second-order valence-corrected chi connectivity index (χ2v) is 17.4. The second-order valence-electron chi connectivity index (χ2n) is 13.2. The first kappa shape index (κ1) is 26.4. The number of likely N-dealkylation sites (tertiary alicyclic amines) is 2. The van der Waals surface area contributed by atoms with Crippen molar-refractivity contribution >= 4 is 24.8 Å². The lowest BCUT2D eigenvalue weighted by atomic mass is 9.72. The highest BCUT2D eigenvalue weighted by molar-refractivity contribution is 6.99. The normalized spacial score (nSPS) is 24.0. The summed E-state index contributed by atoms with van der Waals surface area (Å²) in [5, 5.41) is 2.53. The molecule has 3 saturated heterocycles. The fourth-order valence-corrected chi connectivity index (χ4v) is 11.1. The van der Waals surface area contributed by atoms with Crippen molar-refractivity contribution in [1.29, 1.82) is 0 Å². The van der Waals surface area contributed by atoms with Gasteiger partial charge in [0.25, 0.3) is 8.32 Å². The molecule has 3 heterocycles. The number of rotatable bonds is 5. The van der Waals surface area contributed by atoms with Crippen LogP contribution in [0.3, 0.4) is 0 Å². The molecular weight excluding hydrogens is 480 g/mol. The molecule has 3 aliphatic heterocycles. The Morgan fingerprint density at radius 1 is 0.865 bits per heavy atom. The molecule has 200 valence electrons. The summed E-state index contributed by atoms with van der Waals surface area (Å²) in [7, 11) is -2.65. The number of ether oxygens (including phenoxy) is 2. The molecule has 0 radical (unpaired) electrons. The van der Waals surface area contributed by atoms with Gasteiger partial charge in [-0.05, 0) is 36.2 Å². The minimum absolute atomic E-state index is 0.00527. The molecule has 5 rings (SSSR count). The number of hydrogen-bond acceptors (Lipinski definition) is 5. The van der Waals surface area contributed by atoms with Gasteiger partial charge in [0.05, 0.1) is 25.4 Å². The van der Waals surface area contributed by atoms with E-state index in [1.54, 1.807) is 0 Å². The fourth-order valence-electron chi connectivity index (χ4n) is 6.36. The van der Waals surface area contributed by atoms with E-state index in [2.05, 4.69) is 86.3 Å². The lowest BCUT2D eigenvalue weighted by molar-refractivity contribution is -0.134. The Labute approximate surface area is 223 Å². The van der Waals surface area contributed by atoms with Gasteiger partial charge in [-0.3, -0.25) is 4.90 Å². The van der Waals surface area contributed by atoms with Crippen LogP contribution in [0, 0.1) is 5.41 Å². The van der Waals surface area contributed by atoms with E-state index in [0.717, 1.165) is 26.2 Å². The highest BCUT2D eigenvalue weighted by Gasteiger charge is 2.58. The molecule has 3 fully saturated rings. The van der Waals surface area contributed by atoms with E-state index in [1.165, 1.54) is 10.4 Å². The lowest BCUT2D eigenvalue weighted by Crippen LogP contribution is -2.76. The highest BCUT2D eigenvalue weighted by Crippen LogP contribution is 2.44. The number of amides is 1. The second kappa shape index (κ2) is 9.52. The summed E-state index contributed by atoms with van der Waals surface area (Å²) in [6.07, 6.45) is -0.195. The monoisotopic (exact) mass is 522 g/mol. The van der Waals surface area contributed by atoms with Crippen LogP contribution in [-0.2, 0) is 13.9 Å². The molecule has 37 heavy (non-hydrogen) atoms. The molecule has 0 bridgehead atoms. The van der Waals surface area contributed by atoms with Crippen LogP contribution in [0.25, 0.3) is 0 Å². The average Bonchev–Trinajstić information content (AvgIpc) is 3.22. The average molecular weight is 523 g/mol. The molecule has 7 heteroatoms. The Kier molecular flexibility index (Phi) is 6.80. The van der Waals surface area contributed by atoms with Gasteiger partial charge in [0.15, 0.2) is 0 Å². The maximum Gasteiger partial charge on any atom is 0.410 e. The van der Waals surface area contributed by atoms with E-state index < -0.39 is 13.9 Å². The van der Waals surface area contributed by atoms with E-state index in [9.17, 15) is 4.79 Å². The van der Waals surface area contributed by atoms with Crippen LogP contribution in [0.5, 0.6) is 0 Å². The van der Waals surface area contributed by atoms with Crippen molar-refractivity contribution in [3.63, 3.8) is 0 Å². The predicted octanol–water partition coefficient (Wildman–Crippen LogP) is 3.88. The van der Waals surface area contributed by atoms with Gasteiger partial charge >= 0.3 is 6.09 Å². The smallest absolute Gasteiger partial charge is 0.410 e. The standard InChI is InChI=1S/C30H42N2O4Si/c1-28(2,3)35-27(33)32-21-30(22-32)19-31(20-30)25-17-34-18-26(25)36-37(29(4,5)6,23-13-9-7-10-14-23)24-15-11-8-12-16-24/h7-16,25-26H,17-22H2,1-6H3. The van der Waals surface area contributed by atoms with E-state index in [0.29, 0.717) is 13.2 Å². The quantitative estimate of drug-likeness (QED) is 0.558. The fraction of sp³-hybridized carbons (Fsp3) is 0.567. The zero-order chi connectivity index (χ0) is 26.5. The summed E-state index contributed by atoms with van der Waals surface area (Å²) in [5.74, 6) is 0. The van der Waals surface area contributed by atoms with Crippen LogP contribution in [0.2, 0.25) is 5.04 Å². The van der Waals surface area contributed by atoms with E-state index in [-0.39, 0.29) is 28.7 Å². The van der Waals surface area contributed by atoms with Crippen LogP contribution >= 0.6 is 0 Å². The third-order valence-corrected chi connectivity index (χ3v) is 13.1. The molecule has 2 aromatic carbocycles. The Hall–Kier alpha value is -2.19. The van der Waals surface area contributed by atoms with Crippen molar-refractivity contribution in [2.45, 2.75) is 64.3 Å². The number of carbonyl (C=O) groups excluding carboxylic acids is 1. The molecule has 0 aliphatic carbocycles. The predicted molar refractivity (Wildman–Crippen MR) is 149 cm³/mol. The van der Waals surface area contributed by atoms with Crippen molar-refractivity contribution in [1.82, 2.24) is 9.80 Å². The number of nitrogens with zero attached hydrogens (tertiary/aromatic N) is 2. The molecule has 6 nitrogen and oxygen atoms in total. The summed E-state index contributed by atoms with van der Waals surface area (Å²) >= 11 is 0. The van der Waals surface area contributed by atoms with Crippen molar-refractivity contribution in [2.75, 3.05) is 39.4 Å². The Morgan fingerprint density at radius 2 is 1.41 bits per heavy atom. The summed E-state index contributed by atoms with van der Waals surface area (Å²) < 4.78 is 19.0. The topological polar surface area (TPSA) is 51.2 Å². The molecule has 1 spiro atoms. The Balaban J connectivity index is 1.33. The SMILES string of the molecule is CC(C)(C)OC(=O)N1CC2(C1)CN(C1COCC1O[Si](c1ccccc1)(c1ccccc1)C(C)(C)C)C2. The number of benzene rings is 2. The van der Waals surface area contributed by atoms with Gasteiger partial charge in [0.1, 0.15) is 5.60 Å². The van der Waals surface area contributed by atoms with Crippen molar-refractivity contribution < 1.29 is 18.7 Å². The molecule has 2 unspecified atom stereocenters. The zero-order valence-corrected chi connectivity index (χ0v) is 24.2. The van der Waals surface area contributed by atoms with Gasteiger partial charge < -0.3 is 18.8 Å². The van der Waals surface area contributed by atoms with Crippen LogP contribution in [-0.4, -0.2) is 81.4 Å². The highest BCUT2D eigenvalue weighted by atomic mass is 28.4. The van der Waals surface area contributed by atoms with Gasteiger partial charge in [-0.25, -0.2) is 4.79 Å². The van der Waals surface area contributed by atoms with Gasteiger partial charge in [-0.15, -0.1) is 0 Å². The van der Waals surface area contributed by atoms with Gasteiger partial charge in [-0.2, -0.15) is 0 Å². The Morgan fingerprint density at radius 3 is 1.89 bits per heavy atom. The molecule has 0 N–H and O–H groups in total. The van der Waals surface area contributed by atoms with Crippen molar-refractivity contribution in [3.05, 3.63) is 60.7 Å². The molecule has 1 amide bonds. The summed E-state index contributed by atoms with van der Waals surface area (Å²) in [5.41, 5.74) is -0.278. The van der Waals surface area contributed by atoms with Crippen molar-refractivity contribution in [3.8, 4) is 0 Å². The third kappa shape index (κ3) is 4.99. The molecule has 0 saturated carbocycles. The summed E-state index contributed by atoms with van der Waals surface area (Å²) in [6, 6.07) is 21.9. The Bertz CT molecular complexity index is 1040. The first-order chi connectivity index (χ1) is 17.4. The summed E-state index contributed by atoms with van der Waals surface area (Å²) in [6.45, 7) is 17.5. The minimum Gasteiger partial charge on any atom is -0.444 e. The van der Waals surface area contributed by atoms with Crippen molar-refractivity contribution in [2.24, 2.45) is 5.41 Å². The lowest BCUT2D eigenvalue weighted by Gasteiger charge is -2.61. The van der Waals surface area contributed by atoms with Crippen LogP contribution in [0.1, 0.15) is 41.5 Å². The summed E-state index contributed by atoms with van der Waals surface area (Å²) in [4.78, 5) is 16.8. The maximum absolute atomic E-state index is 12.4. The molecule has 0 aromatic heterocycles. The van der Waals surface area contributed by atoms with Gasteiger partial charge in [0, 0.05) is 31.6 Å². The number of hydrogen-bond donors (Lipinski definition) is 0. The van der Waals surface area contributed by atoms with Crippen LogP contribution < -0.4 is 10.4 Å². The molecule has 2 atom stereocenters. The number of carbonyl (C=O) groups is 1. The van der Waals surface area contributed by atoms with Crippen LogP contribution in [0.4, 0.5) is 4.79 Å². The molecular formula is C30H42N2O4Si. The van der Waals surface area contributed by atoms with Gasteiger partial charge in [-0.1, -0.05) is 81.4 Å². The van der Waals surface area contributed by atoms with E-state index in [1.807, 2.05) is 25.7 Å². The molecule has 2 aromatic rings. The van der Waals surface area contributed by atoms with E-state index in [4.69, 9.17) is 13.9 Å². The molecule has 3 aliphatic rings. The van der Waals surface area contributed by atoms with E-state index >= 15 is 0 Å². The minimum atomic E-state index is -2.65. The van der Waals surface area contributed by atoms with Gasteiger partial charge in [0.2, 0.25) is 0 Å². The largest absolute Gasteiger partial charge is 0.444 e. The maximum atomic E-state index is 12.4. The van der Waals surface area contributed by atoms with Crippen LogP contribution in [0.15, 0.2) is 60.7 Å². The zero-order valence-electron chi connectivity index (χ0n) is 23.2. The third-order valence-electron chi connectivity index (χ3n) is 8.00. The first-order valence-electron chi connectivity index (χ1n) is 13.5. The first-order valence-corrected chi connectivity index (χ1v) is 15.4.